The van der Waals surface area contributed by atoms with Crippen molar-refractivity contribution in [3.63, 3.8) is 0 Å². The van der Waals surface area contributed by atoms with Gasteiger partial charge in [-0.05, 0) is 79.0 Å². The van der Waals surface area contributed by atoms with Crippen LogP contribution in [0.5, 0.6) is 0 Å². The Morgan fingerprint density at radius 3 is 2.03 bits per heavy atom. The number of carbonyl (C=O) groups excluding carboxylic acids is 1. The maximum absolute atomic E-state index is 11.1. The summed E-state index contributed by atoms with van der Waals surface area (Å²) in [6.45, 7) is 17.7. The second-order valence-corrected chi connectivity index (χ2v) is 12.6. The van der Waals surface area contributed by atoms with Gasteiger partial charge in [0.2, 0.25) is 10.0 Å². The van der Waals surface area contributed by atoms with Crippen LogP contribution in [0.25, 0.3) is 0 Å². The van der Waals surface area contributed by atoms with Gasteiger partial charge in [0, 0.05) is 10.5 Å². The van der Waals surface area contributed by atoms with Gasteiger partial charge in [-0.25, -0.2) is 13.1 Å². The molecule has 0 bridgehead atoms. The molecule has 1 aliphatic carbocycles. The molecule has 1 fully saturated rings. The summed E-state index contributed by atoms with van der Waals surface area (Å²) in [6.07, 6.45) is 1.97. The molecule has 1 aromatic carbocycles. The molecular weight excluding hydrogens is 494 g/mol. The molecule has 1 saturated carbocycles. The van der Waals surface area contributed by atoms with Gasteiger partial charge in [0.15, 0.2) is 0 Å². The van der Waals surface area contributed by atoms with Gasteiger partial charge in [-0.1, -0.05) is 41.9 Å². The van der Waals surface area contributed by atoms with Crippen LogP contribution in [0.4, 0.5) is 0 Å². The Bertz CT molecular complexity index is 782. The highest BCUT2D eigenvalue weighted by Crippen LogP contribution is 2.27. The molecule has 0 spiro atoms. The van der Waals surface area contributed by atoms with Crippen molar-refractivity contribution in [1.82, 2.24) is 4.72 Å². The Kier molecular flexibility index (Phi) is 13.9. The fraction of sp³-hybridized carbons (Fsp3) is 0.708. The number of hydrogen-bond donors (Lipinski definition) is 1. The van der Waals surface area contributed by atoms with Crippen LogP contribution >= 0.6 is 15.9 Å². The van der Waals surface area contributed by atoms with E-state index < -0.39 is 10.0 Å². The summed E-state index contributed by atoms with van der Waals surface area (Å²) in [5.41, 5.74) is 0.861. The largest absolute Gasteiger partial charge is 0.460 e. The number of esters is 1. The Morgan fingerprint density at radius 1 is 1.12 bits per heavy atom. The fourth-order valence-electron chi connectivity index (χ4n) is 2.11. The van der Waals surface area contributed by atoms with Crippen LogP contribution in [0.15, 0.2) is 28.7 Å². The molecule has 186 valence electrons. The monoisotopic (exact) mass is 535 g/mol. The van der Waals surface area contributed by atoms with Gasteiger partial charge in [-0.3, -0.25) is 4.79 Å². The lowest BCUT2D eigenvalue weighted by molar-refractivity contribution is -0.158. The topological polar surface area (TPSA) is 81.7 Å². The summed E-state index contributed by atoms with van der Waals surface area (Å²) >= 11 is 3.41. The third kappa shape index (κ3) is 16.6. The van der Waals surface area contributed by atoms with E-state index in [9.17, 15) is 13.2 Å². The highest BCUT2D eigenvalue weighted by molar-refractivity contribution is 9.10. The van der Waals surface area contributed by atoms with Crippen LogP contribution in [0.3, 0.4) is 0 Å². The van der Waals surface area contributed by atoms with Crippen molar-refractivity contribution in [1.29, 1.82) is 0 Å². The lowest BCUT2D eigenvalue weighted by Gasteiger charge is -2.20. The van der Waals surface area contributed by atoms with Crippen molar-refractivity contribution in [2.75, 3.05) is 0 Å². The first-order valence-corrected chi connectivity index (χ1v) is 13.5. The molecule has 0 aliphatic heterocycles. The molecule has 6 nitrogen and oxygen atoms in total. The third-order valence-electron chi connectivity index (χ3n) is 3.71. The number of ether oxygens (including phenoxy) is 2. The van der Waals surface area contributed by atoms with Crippen LogP contribution in [0.1, 0.15) is 80.7 Å². The SMILES string of the molecule is CC(C)C(=O)OC(C)(C)C.CC(C)NS(=O)(=O)C1CC1.CC(C)OCc1cccc(Br)c1. The Labute approximate surface area is 204 Å². The van der Waals surface area contributed by atoms with Crippen LogP contribution < -0.4 is 4.72 Å². The van der Waals surface area contributed by atoms with E-state index in [-0.39, 0.29) is 28.8 Å². The quantitative estimate of drug-likeness (QED) is 0.443. The molecule has 0 radical (unpaired) electrons. The molecule has 0 saturated heterocycles. The lowest BCUT2D eigenvalue weighted by Crippen LogP contribution is -2.32. The van der Waals surface area contributed by atoms with E-state index in [1.165, 1.54) is 5.56 Å². The average molecular weight is 537 g/mol. The van der Waals surface area contributed by atoms with Gasteiger partial charge in [0.25, 0.3) is 0 Å². The Morgan fingerprint density at radius 2 is 1.69 bits per heavy atom. The minimum atomic E-state index is -2.94. The summed E-state index contributed by atoms with van der Waals surface area (Å²) in [6, 6.07) is 8.20. The van der Waals surface area contributed by atoms with Crippen LogP contribution in [0, 0.1) is 5.92 Å². The number of benzene rings is 1. The highest BCUT2D eigenvalue weighted by atomic mass is 79.9. The van der Waals surface area contributed by atoms with Crippen LogP contribution in [-0.4, -0.2) is 37.4 Å². The predicted molar refractivity (Wildman–Crippen MR) is 135 cm³/mol. The molecule has 1 aromatic rings. The first kappa shape index (κ1) is 31.0. The summed E-state index contributed by atoms with van der Waals surface area (Å²) in [4.78, 5) is 10.9. The van der Waals surface area contributed by atoms with Crippen LogP contribution in [0.2, 0.25) is 0 Å². The van der Waals surface area contributed by atoms with Crippen molar-refractivity contribution >= 4 is 31.9 Å². The molecule has 0 aromatic heterocycles. The molecule has 0 heterocycles. The molecule has 2 rings (SSSR count). The van der Waals surface area contributed by atoms with Gasteiger partial charge in [0.1, 0.15) is 5.60 Å². The predicted octanol–water partition coefficient (Wildman–Crippen LogP) is 5.83. The van der Waals surface area contributed by atoms with E-state index in [4.69, 9.17) is 9.47 Å². The molecular formula is C24H42BrNO5S. The van der Waals surface area contributed by atoms with Gasteiger partial charge < -0.3 is 9.47 Å². The van der Waals surface area contributed by atoms with Gasteiger partial charge in [-0.2, -0.15) is 0 Å². The van der Waals surface area contributed by atoms with Gasteiger partial charge >= 0.3 is 5.97 Å². The summed E-state index contributed by atoms with van der Waals surface area (Å²) in [5.74, 6) is -0.160. The number of sulfonamides is 1. The summed E-state index contributed by atoms with van der Waals surface area (Å²) in [7, 11) is -2.94. The lowest BCUT2D eigenvalue weighted by atomic mass is 10.1. The molecule has 32 heavy (non-hydrogen) atoms. The Balaban J connectivity index is 0.000000454. The van der Waals surface area contributed by atoms with Crippen molar-refractivity contribution in [3.05, 3.63) is 34.3 Å². The van der Waals surface area contributed by atoms with E-state index >= 15 is 0 Å². The van der Waals surface area contributed by atoms with Crippen molar-refractivity contribution < 1.29 is 22.7 Å². The van der Waals surface area contributed by atoms with Crippen LogP contribution in [-0.2, 0) is 30.9 Å². The second kappa shape index (κ2) is 14.3. The van der Waals surface area contributed by atoms with E-state index in [0.717, 1.165) is 17.3 Å². The van der Waals surface area contributed by atoms with E-state index in [1.807, 2.05) is 74.4 Å². The minimum absolute atomic E-state index is 0.0285. The minimum Gasteiger partial charge on any atom is -0.460 e. The van der Waals surface area contributed by atoms with Gasteiger partial charge in [-0.15, -0.1) is 0 Å². The number of halogens is 1. The molecule has 0 atom stereocenters. The third-order valence-corrected chi connectivity index (χ3v) is 6.36. The second-order valence-electron chi connectivity index (χ2n) is 9.69. The number of hydrogen-bond acceptors (Lipinski definition) is 5. The standard InChI is InChI=1S/C10H13BrO.C8H16O2.C6H13NO2S/c1-8(2)12-7-9-4-3-5-10(11)6-9;1-6(2)7(9)10-8(3,4)5;1-5(2)7-10(8,9)6-3-4-6/h3-6,8H,7H2,1-2H3;6H,1-5H3;5-7H,3-4H2,1-2H3. The number of carbonyl (C=O) groups is 1. The highest BCUT2D eigenvalue weighted by Gasteiger charge is 2.35. The summed E-state index contributed by atoms with van der Waals surface area (Å²) < 4.78 is 36.4. The number of rotatable bonds is 7. The van der Waals surface area contributed by atoms with Gasteiger partial charge in [0.05, 0.1) is 23.9 Å². The van der Waals surface area contributed by atoms with E-state index in [1.54, 1.807) is 0 Å². The molecule has 1 N–H and O–H groups in total. The van der Waals surface area contributed by atoms with Crippen molar-refractivity contribution in [2.45, 2.75) is 105 Å². The van der Waals surface area contributed by atoms with E-state index in [2.05, 4.69) is 32.8 Å². The average Bonchev–Trinajstić information content (AvgIpc) is 3.44. The first-order valence-electron chi connectivity index (χ1n) is 11.1. The maximum atomic E-state index is 11.1. The molecule has 0 amide bonds. The Hall–Kier alpha value is -0.960. The smallest absolute Gasteiger partial charge is 0.308 e. The maximum Gasteiger partial charge on any atom is 0.308 e. The van der Waals surface area contributed by atoms with E-state index in [0.29, 0.717) is 12.7 Å². The van der Waals surface area contributed by atoms with Crippen molar-refractivity contribution in [2.24, 2.45) is 5.92 Å². The number of nitrogens with one attached hydrogen (secondary N) is 1. The van der Waals surface area contributed by atoms with Crippen molar-refractivity contribution in [3.8, 4) is 0 Å². The first-order chi connectivity index (χ1) is 14.5. The molecule has 0 unspecified atom stereocenters. The zero-order valence-electron chi connectivity index (χ0n) is 21.1. The summed E-state index contributed by atoms with van der Waals surface area (Å²) in [5, 5.41) is -0.0881. The fourth-order valence-corrected chi connectivity index (χ4v) is 4.17. The zero-order valence-corrected chi connectivity index (χ0v) is 23.5. The normalized spacial score (nSPS) is 13.9. The zero-order chi connectivity index (χ0) is 25.1. The molecule has 8 heteroatoms. The molecule has 1 aliphatic rings.